The molecule has 0 aliphatic rings. The fourth-order valence-corrected chi connectivity index (χ4v) is 1.43. The SMILES string of the molecule is O=C(O)CCc1ncc2cc(F)ccn12. The van der Waals surface area contributed by atoms with Crippen molar-refractivity contribution in [3.05, 3.63) is 36.2 Å². The summed E-state index contributed by atoms with van der Waals surface area (Å²) >= 11 is 0. The van der Waals surface area contributed by atoms with Crippen molar-refractivity contribution in [3.8, 4) is 0 Å². The number of nitrogens with zero attached hydrogens (tertiary/aromatic N) is 2. The molecule has 2 aromatic heterocycles. The molecule has 2 rings (SSSR count). The van der Waals surface area contributed by atoms with E-state index >= 15 is 0 Å². The second-order valence-electron chi connectivity index (χ2n) is 3.21. The molecule has 0 atom stereocenters. The molecule has 0 aliphatic carbocycles. The summed E-state index contributed by atoms with van der Waals surface area (Å²) in [6.45, 7) is 0. The Balaban J connectivity index is 2.32. The Morgan fingerprint density at radius 2 is 2.40 bits per heavy atom. The number of aromatic nitrogens is 2. The van der Waals surface area contributed by atoms with Crippen molar-refractivity contribution in [2.45, 2.75) is 12.8 Å². The third-order valence-corrected chi connectivity index (χ3v) is 2.13. The molecule has 0 aromatic carbocycles. The molecule has 0 saturated carbocycles. The third-order valence-electron chi connectivity index (χ3n) is 2.13. The van der Waals surface area contributed by atoms with Gasteiger partial charge in [0.15, 0.2) is 0 Å². The summed E-state index contributed by atoms with van der Waals surface area (Å²) in [5.41, 5.74) is 0.635. The summed E-state index contributed by atoms with van der Waals surface area (Å²) in [6.07, 6.45) is 3.45. The number of fused-ring (bicyclic) bond motifs is 1. The number of carbonyl (C=O) groups is 1. The fourth-order valence-electron chi connectivity index (χ4n) is 1.43. The molecule has 0 fully saturated rings. The fraction of sp³-hybridized carbons (Fsp3) is 0.200. The lowest BCUT2D eigenvalue weighted by Gasteiger charge is -1.98. The molecule has 0 saturated heterocycles. The predicted molar refractivity (Wildman–Crippen MR) is 51.1 cm³/mol. The monoisotopic (exact) mass is 208 g/mol. The number of carboxylic acid groups (broad SMARTS) is 1. The zero-order chi connectivity index (χ0) is 10.8. The lowest BCUT2D eigenvalue weighted by Crippen LogP contribution is -2.01. The minimum absolute atomic E-state index is 0.0243. The largest absolute Gasteiger partial charge is 0.481 e. The van der Waals surface area contributed by atoms with Gasteiger partial charge < -0.3 is 9.51 Å². The molecule has 1 N–H and O–H groups in total. The maximum Gasteiger partial charge on any atom is 0.303 e. The summed E-state index contributed by atoms with van der Waals surface area (Å²) in [7, 11) is 0. The van der Waals surface area contributed by atoms with Crippen LogP contribution in [0, 0.1) is 5.82 Å². The van der Waals surface area contributed by atoms with Crippen molar-refractivity contribution in [3.63, 3.8) is 0 Å². The molecule has 0 aliphatic heterocycles. The molecule has 0 unspecified atom stereocenters. The number of rotatable bonds is 3. The molecular weight excluding hydrogens is 199 g/mol. The van der Waals surface area contributed by atoms with Crippen LogP contribution in [0.1, 0.15) is 12.2 Å². The van der Waals surface area contributed by atoms with Gasteiger partial charge in [0.25, 0.3) is 0 Å². The summed E-state index contributed by atoms with van der Waals surface area (Å²) in [4.78, 5) is 14.4. The van der Waals surface area contributed by atoms with Crippen molar-refractivity contribution in [1.29, 1.82) is 0 Å². The van der Waals surface area contributed by atoms with Gasteiger partial charge in [-0.15, -0.1) is 0 Å². The Kier molecular flexibility index (Phi) is 2.37. The molecule has 78 valence electrons. The van der Waals surface area contributed by atoms with E-state index in [-0.39, 0.29) is 12.2 Å². The molecule has 0 amide bonds. The Bertz CT molecular complexity index is 507. The van der Waals surface area contributed by atoms with E-state index < -0.39 is 5.97 Å². The van der Waals surface area contributed by atoms with Gasteiger partial charge in [0.2, 0.25) is 0 Å². The van der Waals surface area contributed by atoms with Crippen molar-refractivity contribution in [1.82, 2.24) is 9.38 Å². The van der Waals surface area contributed by atoms with E-state index in [2.05, 4.69) is 4.98 Å². The predicted octanol–water partition coefficient (Wildman–Crippen LogP) is 1.49. The highest BCUT2D eigenvalue weighted by Crippen LogP contribution is 2.10. The van der Waals surface area contributed by atoms with E-state index in [9.17, 15) is 9.18 Å². The van der Waals surface area contributed by atoms with Crippen LogP contribution in [0.25, 0.3) is 5.52 Å². The smallest absolute Gasteiger partial charge is 0.303 e. The van der Waals surface area contributed by atoms with Gasteiger partial charge in [-0.1, -0.05) is 0 Å². The Labute approximate surface area is 85.0 Å². The molecule has 2 aromatic rings. The van der Waals surface area contributed by atoms with Crippen molar-refractivity contribution < 1.29 is 14.3 Å². The first-order valence-electron chi connectivity index (χ1n) is 4.50. The maximum absolute atomic E-state index is 12.8. The minimum Gasteiger partial charge on any atom is -0.481 e. The second kappa shape index (κ2) is 3.68. The number of carboxylic acids is 1. The first kappa shape index (κ1) is 9.64. The van der Waals surface area contributed by atoms with Gasteiger partial charge in [-0.2, -0.15) is 0 Å². The van der Waals surface area contributed by atoms with Gasteiger partial charge in [0.05, 0.1) is 18.1 Å². The van der Waals surface area contributed by atoms with Crippen molar-refractivity contribution in [2.75, 3.05) is 0 Å². The van der Waals surface area contributed by atoms with Gasteiger partial charge >= 0.3 is 5.97 Å². The van der Waals surface area contributed by atoms with Crippen LogP contribution in [0.4, 0.5) is 4.39 Å². The molecule has 2 heterocycles. The average Bonchev–Trinajstić information content (AvgIpc) is 2.57. The minimum atomic E-state index is -0.867. The molecule has 0 bridgehead atoms. The Morgan fingerprint density at radius 1 is 1.60 bits per heavy atom. The number of aryl methyl sites for hydroxylation is 1. The number of hydrogen-bond acceptors (Lipinski definition) is 2. The van der Waals surface area contributed by atoms with Crippen LogP contribution in [0.2, 0.25) is 0 Å². The van der Waals surface area contributed by atoms with Gasteiger partial charge in [-0.05, 0) is 12.1 Å². The van der Waals surface area contributed by atoms with E-state index in [0.717, 1.165) is 0 Å². The number of pyridine rings is 1. The normalized spacial score (nSPS) is 10.7. The highest BCUT2D eigenvalue weighted by Gasteiger charge is 2.06. The third kappa shape index (κ3) is 1.96. The van der Waals surface area contributed by atoms with Crippen LogP contribution in [0.15, 0.2) is 24.5 Å². The molecular formula is C10H9FN2O2. The highest BCUT2D eigenvalue weighted by atomic mass is 19.1. The lowest BCUT2D eigenvalue weighted by atomic mass is 10.3. The van der Waals surface area contributed by atoms with Crippen molar-refractivity contribution >= 4 is 11.5 Å². The Hall–Kier alpha value is -1.91. The Morgan fingerprint density at radius 3 is 3.13 bits per heavy atom. The molecule has 5 heteroatoms. The summed E-state index contributed by atoms with van der Waals surface area (Å²) in [6, 6.07) is 2.68. The van der Waals surface area contributed by atoms with Gasteiger partial charge in [-0.3, -0.25) is 4.79 Å². The van der Waals surface area contributed by atoms with E-state index in [1.165, 1.54) is 18.3 Å². The summed E-state index contributed by atoms with van der Waals surface area (Å²) in [5.74, 6) is -0.562. The van der Waals surface area contributed by atoms with Gasteiger partial charge in [-0.25, -0.2) is 9.37 Å². The zero-order valence-electron chi connectivity index (χ0n) is 7.85. The van der Waals surface area contributed by atoms with Crippen LogP contribution >= 0.6 is 0 Å². The van der Waals surface area contributed by atoms with E-state index in [0.29, 0.717) is 17.8 Å². The molecule has 15 heavy (non-hydrogen) atoms. The van der Waals surface area contributed by atoms with Crippen LogP contribution in [-0.2, 0) is 11.2 Å². The van der Waals surface area contributed by atoms with Crippen LogP contribution in [0.3, 0.4) is 0 Å². The number of halogens is 1. The lowest BCUT2D eigenvalue weighted by molar-refractivity contribution is -0.137. The average molecular weight is 208 g/mol. The van der Waals surface area contributed by atoms with E-state index in [1.807, 2.05) is 0 Å². The second-order valence-corrected chi connectivity index (χ2v) is 3.21. The topological polar surface area (TPSA) is 54.6 Å². The van der Waals surface area contributed by atoms with Crippen LogP contribution in [-0.4, -0.2) is 20.5 Å². The standard InChI is InChI=1S/C10H9FN2O2/c11-7-3-4-13-8(5-7)6-12-9(13)1-2-10(14)15/h3-6H,1-2H2,(H,14,15). The summed E-state index contributed by atoms with van der Waals surface area (Å²) in [5, 5.41) is 8.53. The van der Waals surface area contributed by atoms with Crippen LogP contribution in [0.5, 0.6) is 0 Å². The summed E-state index contributed by atoms with van der Waals surface area (Å²) < 4.78 is 14.5. The molecule has 0 spiro atoms. The molecule has 4 nitrogen and oxygen atoms in total. The maximum atomic E-state index is 12.8. The first-order valence-corrected chi connectivity index (χ1v) is 4.50. The highest BCUT2D eigenvalue weighted by molar-refractivity contribution is 5.67. The van der Waals surface area contributed by atoms with E-state index in [1.54, 1.807) is 10.6 Å². The quantitative estimate of drug-likeness (QED) is 0.831. The van der Waals surface area contributed by atoms with Crippen molar-refractivity contribution in [2.24, 2.45) is 0 Å². The van der Waals surface area contributed by atoms with Gasteiger partial charge in [0.1, 0.15) is 11.6 Å². The molecule has 0 radical (unpaired) electrons. The number of hydrogen-bond donors (Lipinski definition) is 1. The zero-order valence-corrected chi connectivity index (χ0v) is 7.85. The number of imidazole rings is 1. The number of aliphatic carboxylic acids is 1. The van der Waals surface area contributed by atoms with E-state index in [4.69, 9.17) is 5.11 Å². The van der Waals surface area contributed by atoms with Crippen LogP contribution < -0.4 is 0 Å². The van der Waals surface area contributed by atoms with Gasteiger partial charge in [0, 0.05) is 12.6 Å². The first-order chi connectivity index (χ1) is 7.16.